The highest BCUT2D eigenvalue weighted by Gasteiger charge is 2.16. The molecule has 7 nitrogen and oxygen atoms in total. The predicted molar refractivity (Wildman–Crippen MR) is 90.9 cm³/mol. The number of nitrogens with one attached hydrogen (secondary N) is 2. The van der Waals surface area contributed by atoms with E-state index in [0.717, 1.165) is 18.0 Å². The minimum Gasteiger partial charge on any atom is -0.355 e. The molecule has 2 N–H and O–H groups in total. The van der Waals surface area contributed by atoms with Crippen molar-refractivity contribution in [2.45, 2.75) is 31.7 Å². The highest BCUT2D eigenvalue weighted by atomic mass is 32.2. The zero-order chi connectivity index (χ0) is 18.4. The van der Waals surface area contributed by atoms with Crippen molar-refractivity contribution >= 4 is 15.9 Å². The van der Waals surface area contributed by atoms with Crippen LogP contribution < -0.4 is 10.0 Å². The Bertz CT molecular complexity index is 849. The molecule has 0 aliphatic carbocycles. The normalized spacial score (nSPS) is 11.5. The summed E-state index contributed by atoms with van der Waals surface area (Å²) < 4.78 is 41.6. The zero-order valence-corrected chi connectivity index (χ0v) is 14.9. The fourth-order valence-electron chi connectivity index (χ4n) is 2.21. The van der Waals surface area contributed by atoms with Gasteiger partial charge in [-0.25, -0.2) is 22.5 Å². The summed E-state index contributed by atoms with van der Waals surface area (Å²) in [7, 11) is -3.86. The molecule has 1 aromatic carbocycles. The van der Waals surface area contributed by atoms with Gasteiger partial charge in [-0.1, -0.05) is 0 Å². The van der Waals surface area contributed by atoms with Crippen LogP contribution >= 0.6 is 0 Å². The molecule has 0 saturated carbocycles. The molecule has 0 fully saturated rings. The maximum atomic E-state index is 13.2. The van der Waals surface area contributed by atoms with Crippen LogP contribution in [0.5, 0.6) is 0 Å². The number of halogens is 1. The molecule has 2 aromatic rings. The summed E-state index contributed by atoms with van der Waals surface area (Å²) in [5, 5.41) is 2.65. The van der Waals surface area contributed by atoms with Gasteiger partial charge >= 0.3 is 0 Å². The lowest BCUT2D eigenvalue weighted by atomic mass is 10.2. The smallest absolute Gasteiger partial charge is 0.241 e. The lowest BCUT2D eigenvalue weighted by molar-refractivity contribution is -0.119. The van der Waals surface area contributed by atoms with E-state index in [0.29, 0.717) is 19.5 Å². The Morgan fingerprint density at radius 2 is 2.08 bits per heavy atom. The van der Waals surface area contributed by atoms with E-state index >= 15 is 0 Å². The summed E-state index contributed by atoms with van der Waals surface area (Å²) in [5.74, 6) is -0.0109. The number of nitrogens with zero attached hydrogens (tertiary/aromatic N) is 2. The predicted octanol–water partition coefficient (Wildman–Crippen LogP) is 1.12. The fourth-order valence-corrected chi connectivity index (χ4v) is 3.27. The number of imidazole rings is 1. The lowest BCUT2D eigenvalue weighted by Crippen LogP contribution is -2.37. The Kier molecular flexibility index (Phi) is 6.27. The first kappa shape index (κ1) is 19.1. The van der Waals surface area contributed by atoms with Gasteiger partial charge in [-0.3, -0.25) is 4.79 Å². The van der Waals surface area contributed by atoms with Crippen LogP contribution in [0.15, 0.2) is 35.5 Å². The second kappa shape index (κ2) is 8.21. The largest absolute Gasteiger partial charge is 0.355 e. The summed E-state index contributed by atoms with van der Waals surface area (Å²) >= 11 is 0. The molecule has 1 aromatic heterocycles. The molecule has 2 rings (SSSR count). The van der Waals surface area contributed by atoms with Crippen molar-refractivity contribution in [1.29, 1.82) is 0 Å². The highest BCUT2D eigenvalue weighted by Crippen LogP contribution is 2.13. The number of amides is 1. The SMILES string of the molecule is Cc1cc(S(=O)(=O)NCC(=O)NCCCn2ccnc2C)ccc1F. The number of aromatic nitrogens is 2. The van der Waals surface area contributed by atoms with Crippen molar-refractivity contribution < 1.29 is 17.6 Å². The maximum absolute atomic E-state index is 13.2. The number of hydrogen-bond donors (Lipinski definition) is 2. The Labute approximate surface area is 146 Å². The van der Waals surface area contributed by atoms with E-state index < -0.39 is 21.7 Å². The van der Waals surface area contributed by atoms with Crippen molar-refractivity contribution in [2.24, 2.45) is 0 Å². The topological polar surface area (TPSA) is 93.1 Å². The van der Waals surface area contributed by atoms with E-state index in [1.54, 1.807) is 6.20 Å². The molecule has 136 valence electrons. The number of aryl methyl sites for hydroxylation is 3. The average Bonchev–Trinajstić information content (AvgIpc) is 2.97. The third kappa shape index (κ3) is 5.36. The third-order valence-corrected chi connectivity index (χ3v) is 5.08. The van der Waals surface area contributed by atoms with Crippen molar-refractivity contribution in [3.05, 3.63) is 47.8 Å². The van der Waals surface area contributed by atoms with Crippen molar-refractivity contribution in [2.75, 3.05) is 13.1 Å². The first-order chi connectivity index (χ1) is 11.8. The molecular weight excluding hydrogens is 347 g/mol. The zero-order valence-electron chi connectivity index (χ0n) is 14.1. The number of hydrogen-bond acceptors (Lipinski definition) is 4. The third-order valence-electron chi connectivity index (χ3n) is 3.68. The van der Waals surface area contributed by atoms with Crippen molar-refractivity contribution in [1.82, 2.24) is 19.6 Å². The van der Waals surface area contributed by atoms with Gasteiger partial charge in [0.1, 0.15) is 11.6 Å². The van der Waals surface area contributed by atoms with Crippen LogP contribution in [0, 0.1) is 19.7 Å². The van der Waals surface area contributed by atoms with Gasteiger partial charge < -0.3 is 9.88 Å². The summed E-state index contributed by atoms with van der Waals surface area (Å²) in [4.78, 5) is 15.8. The van der Waals surface area contributed by atoms with Gasteiger partial charge in [0.15, 0.2) is 0 Å². The molecular formula is C16H21FN4O3S. The van der Waals surface area contributed by atoms with Gasteiger partial charge in [0, 0.05) is 25.5 Å². The Morgan fingerprint density at radius 3 is 2.72 bits per heavy atom. The van der Waals surface area contributed by atoms with Crippen LogP contribution in [0.4, 0.5) is 4.39 Å². The molecule has 0 spiro atoms. The standard InChI is InChI=1S/C16H21FN4O3S/c1-12-10-14(4-5-15(12)17)25(23,24)20-11-16(22)19-6-3-8-21-9-7-18-13(21)2/h4-5,7,9-10,20H,3,6,8,11H2,1-2H3,(H,19,22). The van der Waals surface area contributed by atoms with Gasteiger partial charge in [0.25, 0.3) is 0 Å². The molecule has 0 aliphatic rings. The van der Waals surface area contributed by atoms with Gasteiger partial charge in [0.2, 0.25) is 15.9 Å². The Hall–Kier alpha value is -2.26. The number of carbonyl (C=O) groups is 1. The second-order valence-corrected chi connectivity index (χ2v) is 7.37. The van der Waals surface area contributed by atoms with Gasteiger partial charge in [-0.15, -0.1) is 0 Å². The van der Waals surface area contributed by atoms with E-state index in [1.165, 1.54) is 13.0 Å². The van der Waals surface area contributed by atoms with Gasteiger partial charge in [-0.2, -0.15) is 0 Å². The lowest BCUT2D eigenvalue weighted by Gasteiger charge is -2.09. The average molecular weight is 368 g/mol. The highest BCUT2D eigenvalue weighted by molar-refractivity contribution is 7.89. The monoisotopic (exact) mass is 368 g/mol. The summed E-state index contributed by atoms with van der Waals surface area (Å²) in [5.41, 5.74) is 0.224. The second-order valence-electron chi connectivity index (χ2n) is 5.61. The Balaban J connectivity index is 1.76. The van der Waals surface area contributed by atoms with E-state index in [-0.39, 0.29) is 17.0 Å². The van der Waals surface area contributed by atoms with Gasteiger partial charge in [0.05, 0.1) is 11.4 Å². The van der Waals surface area contributed by atoms with Crippen LogP contribution in [0.25, 0.3) is 0 Å². The van der Waals surface area contributed by atoms with Crippen LogP contribution in [-0.2, 0) is 21.4 Å². The summed E-state index contributed by atoms with van der Waals surface area (Å²) in [6.45, 7) is 4.14. The molecule has 1 heterocycles. The number of benzene rings is 1. The summed E-state index contributed by atoms with van der Waals surface area (Å²) in [6, 6.07) is 3.47. The van der Waals surface area contributed by atoms with E-state index in [4.69, 9.17) is 0 Å². The minimum atomic E-state index is -3.86. The van der Waals surface area contributed by atoms with E-state index in [2.05, 4.69) is 15.0 Å². The number of rotatable bonds is 8. The number of carbonyl (C=O) groups excluding carboxylic acids is 1. The molecule has 1 amide bonds. The first-order valence-corrected chi connectivity index (χ1v) is 9.28. The fraction of sp³-hybridized carbons (Fsp3) is 0.375. The molecule has 0 bridgehead atoms. The molecule has 0 atom stereocenters. The Morgan fingerprint density at radius 1 is 1.32 bits per heavy atom. The summed E-state index contributed by atoms with van der Waals surface area (Å²) in [6.07, 6.45) is 4.27. The maximum Gasteiger partial charge on any atom is 0.241 e. The quantitative estimate of drug-likeness (QED) is 0.683. The van der Waals surface area contributed by atoms with Crippen molar-refractivity contribution in [3.63, 3.8) is 0 Å². The molecule has 0 aliphatic heterocycles. The van der Waals surface area contributed by atoms with Gasteiger partial charge in [-0.05, 0) is 44.0 Å². The van der Waals surface area contributed by atoms with E-state index in [9.17, 15) is 17.6 Å². The van der Waals surface area contributed by atoms with Crippen LogP contribution in [0.3, 0.4) is 0 Å². The molecule has 25 heavy (non-hydrogen) atoms. The number of sulfonamides is 1. The van der Waals surface area contributed by atoms with Crippen LogP contribution in [-0.4, -0.2) is 37.0 Å². The molecule has 0 unspecified atom stereocenters. The molecule has 9 heteroatoms. The van der Waals surface area contributed by atoms with E-state index in [1.807, 2.05) is 17.7 Å². The van der Waals surface area contributed by atoms with Crippen LogP contribution in [0.1, 0.15) is 17.8 Å². The first-order valence-electron chi connectivity index (χ1n) is 7.80. The molecule has 0 saturated heterocycles. The van der Waals surface area contributed by atoms with Crippen molar-refractivity contribution in [3.8, 4) is 0 Å². The van der Waals surface area contributed by atoms with Crippen LogP contribution in [0.2, 0.25) is 0 Å². The molecule has 0 radical (unpaired) electrons. The minimum absolute atomic E-state index is 0.0743.